The summed E-state index contributed by atoms with van der Waals surface area (Å²) in [5.41, 5.74) is 1.24. The van der Waals surface area contributed by atoms with Gasteiger partial charge in [-0.05, 0) is 5.56 Å². The second-order valence-electron chi connectivity index (χ2n) is 2.90. The average Bonchev–Trinajstić information content (AvgIpc) is 2.30. The number of rotatable bonds is 2. The Balaban J connectivity index is 0.00000112. The molecule has 0 aromatic heterocycles. The fraction of sp³-hybridized carbons (Fsp3) is 0. The molecule has 0 bridgehead atoms. The molecule has 0 fully saturated rings. The van der Waals surface area contributed by atoms with E-state index in [1.165, 1.54) is 0 Å². The van der Waals surface area contributed by atoms with Crippen molar-refractivity contribution in [2.24, 2.45) is 0 Å². The van der Waals surface area contributed by atoms with Crippen LogP contribution in [0.15, 0.2) is 48.5 Å². The molecule has 2 aromatic carbocycles. The van der Waals surface area contributed by atoms with Gasteiger partial charge in [0.1, 0.15) is 0 Å². The molecule has 0 saturated carbocycles. The van der Waals surface area contributed by atoms with Crippen LogP contribution in [0.1, 0.15) is 15.9 Å². The number of carbonyl (C=O) groups excluding carboxylic acids is 1. The van der Waals surface area contributed by atoms with Crippen LogP contribution in [0.2, 0.25) is 0 Å². The molecule has 0 amide bonds. The van der Waals surface area contributed by atoms with E-state index in [1.54, 1.807) is 30.3 Å². The minimum Gasteiger partial charge on any atom is -0.361 e. The molecule has 3 heteroatoms. The maximum atomic E-state index is 11.8. The van der Waals surface area contributed by atoms with Gasteiger partial charge in [-0.3, -0.25) is 30.3 Å². The van der Waals surface area contributed by atoms with Gasteiger partial charge in [0, 0.05) is 39.6 Å². The van der Waals surface area contributed by atoms with Crippen molar-refractivity contribution in [3.63, 3.8) is 0 Å². The second kappa shape index (κ2) is 7.62. The third-order valence-electron chi connectivity index (χ3n) is 1.93. The Labute approximate surface area is 121 Å². The summed E-state index contributed by atoms with van der Waals surface area (Å²) in [6.45, 7) is 0. The van der Waals surface area contributed by atoms with Crippen molar-refractivity contribution in [1.82, 2.24) is 0 Å². The molecule has 0 aliphatic carbocycles. The van der Waals surface area contributed by atoms with E-state index in [0.29, 0.717) is 11.1 Å². The normalized spacial score (nSPS) is 8.50. The van der Waals surface area contributed by atoms with E-state index in [4.69, 9.17) is 0 Å². The van der Waals surface area contributed by atoms with Gasteiger partial charge in [0.2, 0.25) is 0 Å². The Morgan fingerprint density at radius 1 is 1.06 bits per heavy atom. The molecule has 2 aromatic rings. The SMILES string of the molecule is O=C(c1[c-]cc[c-]c1)c1ccccc1.[V].[W]. The molecular weight excluding hydrogens is 407 g/mol. The van der Waals surface area contributed by atoms with Crippen LogP contribution in [0.4, 0.5) is 0 Å². The van der Waals surface area contributed by atoms with Crippen LogP contribution in [0.25, 0.3) is 0 Å². The number of hydrogen-bond acceptors (Lipinski definition) is 1. The van der Waals surface area contributed by atoms with Crippen LogP contribution >= 0.6 is 0 Å². The zero-order valence-corrected chi connectivity index (χ0v) is 12.7. The van der Waals surface area contributed by atoms with Gasteiger partial charge in [-0.15, -0.1) is 0 Å². The molecule has 1 radical (unpaired) electrons. The monoisotopic (exact) mass is 415 g/mol. The van der Waals surface area contributed by atoms with Gasteiger partial charge in [0.25, 0.3) is 0 Å². The fourth-order valence-corrected chi connectivity index (χ4v) is 1.23. The van der Waals surface area contributed by atoms with Gasteiger partial charge >= 0.3 is 0 Å². The molecule has 0 spiro atoms. The standard InChI is InChI=1S/C13H8O.V.W/c14-13(11-7-3-1-4-8-11)12-9-5-2-6-10-12;;/h1-5,7-8,10H;;/q-2;;. The smallest absolute Gasteiger partial charge is 0.0534 e. The summed E-state index contributed by atoms with van der Waals surface area (Å²) in [5.74, 6) is -0.0116. The summed E-state index contributed by atoms with van der Waals surface area (Å²) in [7, 11) is 0. The number of benzene rings is 2. The average molecular weight is 415 g/mol. The summed E-state index contributed by atoms with van der Waals surface area (Å²) in [6.07, 6.45) is 0. The second-order valence-corrected chi connectivity index (χ2v) is 2.90. The van der Waals surface area contributed by atoms with E-state index >= 15 is 0 Å². The van der Waals surface area contributed by atoms with Gasteiger partial charge in [-0.1, -0.05) is 30.3 Å². The molecule has 0 aliphatic rings. The molecule has 0 aliphatic heterocycles. The predicted molar refractivity (Wildman–Crippen MR) is 54.0 cm³/mol. The van der Waals surface area contributed by atoms with Crippen molar-refractivity contribution in [3.8, 4) is 0 Å². The molecule has 0 heterocycles. The summed E-state index contributed by atoms with van der Waals surface area (Å²) in [6, 6.07) is 20.0. The molecular formula is C13H8OVW-2. The first kappa shape index (κ1) is 15.4. The summed E-state index contributed by atoms with van der Waals surface area (Å²) >= 11 is 0. The van der Waals surface area contributed by atoms with E-state index < -0.39 is 0 Å². The molecule has 79 valence electrons. The first-order chi connectivity index (χ1) is 6.88. The van der Waals surface area contributed by atoms with Crippen LogP contribution in [0, 0.1) is 12.1 Å². The Bertz CT molecular complexity index is 387. The number of hydrogen-bond donors (Lipinski definition) is 0. The first-order valence-electron chi connectivity index (χ1n) is 4.35. The Hall–Kier alpha value is -0.617. The summed E-state index contributed by atoms with van der Waals surface area (Å²) in [4.78, 5) is 11.8. The van der Waals surface area contributed by atoms with Gasteiger partial charge < -0.3 is 4.79 Å². The quantitative estimate of drug-likeness (QED) is 0.545. The third-order valence-corrected chi connectivity index (χ3v) is 1.93. The van der Waals surface area contributed by atoms with Crippen molar-refractivity contribution in [2.45, 2.75) is 0 Å². The fourth-order valence-electron chi connectivity index (χ4n) is 1.23. The maximum Gasteiger partial charge on any atom is 0.0534 e. The Morgan fingerprint density at radius 3 is 2.31 bits per heavy atom. The topological polar surface area (TPSA) is 17.1 Å². The minimum atomic E-state index is -0.0116. The van der Waals surface area contributed by atoms with Crippen molar-refractivity contribution < 1.29 is 44.4 Å². The molecule has 0 N–H and O–H groups in total. The maximum absolute atomic E-state index is 11.8. The van der Waals surface area contributed by atoms with E-state index in [9.17, 15) is 4.79 Å². The number of ketones is 1. The number of carbonyl (C=O) groups is 1. The van der Waals surface area contributed by atoms with Crippen LogP contribution in [0.5, 0.6) is 0 Å². The third kappa shape index (κ3) is 3.75. The Kier molecular flexibility index (Phi) is 7.33. The summed E-state index contributed by atoms with van der Waals surface area (Å²) in [5, 5.41) is 0. The van der Waals surface area contributed by atoms with E-state index in [2.05, 4.69) is 12.1 Å². The van der Waals surface area contributed by atoms with Crippen molar-refractivity contribution in [1.29, 1.82) is 0 Å². The van der Waals surface area contributed by atoms with Crippen LogP contribution in [0.3, 0.4) is 0 Å². The Morgan fingerprint density at radius 2 is 1.75 bits per heavy atom. The van der Waals surface area contributed by atoms with Crippen LogP contribution in [-0.4, -0.2) is 5.78 Å². The molecule has 0 atom stereocenters. The molecule has 1 nitrogen and oxygen atoms in total. The van der Waals surface area contributed by atoms with Crippen molar-refractivity contribution in [2.75, 3.05) is 0 Å². The zero-order valence-electron chi connectivity index (χ0n) is 8.38. The molecule has 0 unspecified atom stereocenters. The largest absolute Gasteiger partial charge is 0.361 e. The zero-order chi connectivity index (χ0) is 9.80. The van der Waals surface area contributed by atoms with Crippen molar-refractivity contribution >= 4 is 5.78 Å². The van der Waals surface area contributed by atoms with E-state index in [0.717, 1.165) is 0 Å². The van der Waals surface area contributed by atoms with Crippen LogP contribution in [-0.2, 0) is 39.6 Å². The summed E-state index contributed by atoms with van der Waals surface area (Å²) < 4.78 is 0. The molecule has 2 rings (SSSR count). The van der Waals surface area contributed by atoms with E-state index in [1.807, 2.05) is 18.2 Å². The minimum absolute atomic E-state index is 0. The van der Waals surface area contributed by atoms with Crippen molar-refractivity contribution in [3.05, 3.63) is 71.8 Å². The van der Waals surface area contributed by atoms with Gasteiger partial charge in [0.15, 0.2) is 0 Å². The predicted octanol–water partition coefficient (Wildman–Crippen LogP) is 2.51. The van der Waals surface area contributed by atoms with Gasteiger partial charge in [0.05, 0.1) is 5.78 Å². The molecule has 16 heavy (non-hydrogen) atoms. The van der Waals surface area contributed by atoms with Gasteiger partial charge in [-0.2, -0.15) is 0 Å². The first-order valence-corrected chi connectivity index (χ1v) is 4.35. The van der Waals surface area contributed by atoms with Crippen LogP contribution < -0.4 is 0 Å². The van der Waals surface area contributed by atoms with Gasteiger partial charge in [-0.25, -0.2) is 5.56 Å². The molecule has 0 saturated heterocycles. The van der Waals surface area contributed by atoms with E-state index in [-0.39, 0.29) is 45.4 Å².